The van der Waals surface area contributed by atoms with Crippen molar-refractivity contribution in [1.29, 1.82) is 0 Å². The highest BCUT2D eigenvalue weighted by Crippen LogP contribution is 2.27. The monoisotopic (exact) mass is 342 g/mol. The Morgan fingerprint density at radius 2 is 1.89 bits per heavy atom. The van der Waals surface area contributed by atoms with E-state index in [4.69, 9.17) is 17.3 Å². The summed E-state index contributed by atoms with van der Waals surface area (Å²) in [6.07, 6.45) is 0. The number of nitrogens with two attached hydrogens (primary N) is 1. The summed E-state index contributed by atoms with van der Waals surface area (Å²) in [7, 11) is 0. The largest absolute Gasteiger partial charge is 0.377 e. The SMILES string of the molecule is NCC(Nc1ccc(F)cc1)c1ccc(Cl)c(Br)c1. The molecular formula is C14H13BrClFN2. The Balaban J connectivity index is 2.19. The molecule has 0 saturated carbocycles. The molecule has 0 saturated heterocycles. The Morgan fingerprint density at radius 1 is 1.21 bits per heavy atom. The second-order valence-electron chi connectivity index (χ2n) is 4.11. The van der Waals surface area contributed by atoms with Gasteiger partial charge in [0.05, 0.1) is 11.1 Å². The predicted molar refractivity (Wildman–Crippen MR) is 81.0 cm³/mol. The van der Waals surface area contributed by atoms with Gasteiger partial charge in [0.2, 0.25) is 0 Å². The van der Waals surface area contributed by atoms with E-state index in [1.165, 1.54) is 12.1 Å². The lowest BCUT2D eigenvalue weighted by Gasteiger charge is -2.19. The van der Waals surface area contributed by atoms with E-state index in [-0.39, 0.29) is 11.9 Å². The van der Waals surface area contributed by atoms with Gasteiger partial charge in [0.15, 0.2) is 0 Å². The molecule has 1 unspecified atom stereocenters. The van der Waals surface area contributed by atoms with Crippen LogP contribution < -0.4 is 11.1 Å². The molecule has 5 heteroatoms. The van der Waals surface area contributed by atoms with Crippen molar-refractivity contribution in [1.82, 2.24) is 0 Å². The van der Waals surface area contributed by atoms with Crippen molar-refractivity contribution in [3.05, 3.63) is 63.3 Å². The third-order valence-electron chi connectivity index (χ3n) is 2.77. The molecule has 2 aromatic rings. The van der Waals surface area contributed by atoms with E-state index < -0.39 is 0 Å². The molecule has 0 spiro atoms. The average molecular weight is 344 g/mol. The van der Waals surface area contributed by atoms with E-state index in [1.807, 2.05) is 18.2 Å². The maximum Gasteiger partial charge on any atom is 0.123 e. The second-order valence-corrected chi connectivity index (χ2v) is 5.37. The number of hydrogen-bond acceptors (Lipinski definition) is 2. The van der Waals surface area contributed by atoms with Gasteiger partial charge in [-0.1, -0.05) is 17.7 Å². The van der Waals surface area contributed by atoms with Crippen LogP contribution in [0.4, 0.5) is 10.1 Å². The van der Waals surface area contributed by atoms with Crippen molar-refractivity contribution in [2.75, 3.05) is 11.9 Å². The number of hydrogen-bond donors (Lipinski definition) is 2. The van der Waals surface area contributed by atoms with Crippen LogP contribution in [0.5, 0.6) is 0 Å². The van der Waals surface area contributed by atoms with E-state index in [0.717, 1.165) is 15.7 Å². The number of rotatable bonds is 4. The van der Waals surface area contributed by atoms with Gasteiger partial charge in [0.25, 0.3) is 0 Å². The van der Waals surface area contributed by atoms with E-state index in [2.05, 4.69) is 21.2 Å². The zero-order valence-corrected chi connectivity index (χ0v) is 12.4. The fraction of sp³-hybridized carbons (Fsp3) is 0.143. The number of benzene rings is 2. The molecule has 1 atom stereocenters. The predicted octanol–water partition coefficient (Wildman–Crippen LogP) is 4.35. The van der Waals surface area contributed by atoms with Gasteiger partial charge in [0, 0.05) is 16.7 Å². The molecule has 0 radical (unpaired) electrons. The zero-order valence-electron chi connectivity index (χ0n) is 10.0. The topological polar surface area (TPSA) is 38.0 Å². The maximum absolute atomic E-state index is 12.9. The van der Waals surface area contributed by atoms with Gasteiger partial charge in [-0.15, -0.1) is 0 Å². The van der Waals surface area contributed by atoms with Crippen molar-refractivity contribution in [2.45, 2.75) is 6.04 Å². The third kappa shape index (κ3) is 3.69. The first-order valence-electron chi connectivity index (χ1n) is 5.77. The van der Waals surface area contributed by atoms with E-state index in [1.54, 1.807) is 12.1 Å². The summed E-state index contributed by atoms with van der Waals surface area (Å²) in [4.78, 5) is 0. The smallest absolute Gasteiger partial charge is 0.123 e. The Bertz CT molecular complexity index is 560. The number of nitrogens with one attached hydrogen (secondary N) is 1. The molecule has 0 fully saturated rings. The second kappa shape index (κ2) is 6.37. The van der Waals surface area contributed by atoms with Crippen molar-refractivity contribution in [2.24, 2.45) is 5.73 Å². The molecule has 0 aromatic heterocycles. The third-order valence-corrected chi connectivity index (χ3v) is 3.98. The average Bonchev–Trinajstić information content (AvgIpc) is 2.41. The van der Waals surface area contributed by atoms with E-state index in [9.17, 15) is 4.39 Å². The lowest BCUT2D eigenvalue weighted by molar-refractivity contribution is 0.628. The minimum absolute atomic E-state index is 0.0565. The molecule has 2 rings (SSSR count). The van der Waals surface area contributed by atoms with Crippen LogP contribution in [0.3, 0.4) is 0 Å². The molecular weight excluding hydrogens is 331 g/mol. The van der Waals surface area contributed by atoms with Gasteiger partial charge in [0.1, 0.15) is 5.82 Å². The summed E-state index contributed by atoms with van der Waals surface area (Å²) in [6.45, 7) is 0.422. The lowest BCUT2D eigenvalue weighted by Crippen LogP contribution is -2.20. The standard InChI is InChI=1S/C14H13BrClFN2/c15-12-7-9(1-6-13(12)16)14(8-18)19-11-4-2-10(17)3-5-11/h1-7,14,19H,8,18H2. The van der Waals surface area contributed by atoms with E-state index >= 15 is 0 Å². The molecule has 0 aliphatic rings. The molecule has 0 bridgehead atoms. The summed E-state index contributed by atoms with van der Waals surface area (Å²) in [6, 6.07) is 11.8. The van der Waals surface area contributed by atoms with Gasteiger partial charge >= 0.3 is 0 Å². The van der Waals surface area contributed by atoms with Gasteiger partial charge in [-0.2, -0.15) is 0 Å². The quantitative estimate of drug-likeness (QED) is 0.866. The molecule has 0 amide bonds. The first-order chi connectivity index (χ1) is 9.10. The van der Waals surface area contributed by atoms with Gasteiger partial charge in [-0.25, -0.2) is 4.39 Å². The minimum atomic E-state index is -0.260. The van der Waals surface area contributed by atoms with Gasteiger partial charge in [-0.05, 0) is 57.9 Å². The molecule has 100 valence electrons. The molecule has 2 aromatic carbocycles. The van der Waals surface area contributed by atoms with Crippen LogP contribution in [0.1, 0.15) is 11.6 Å². The van der Waals surface area contributed by atoms with Crippen LogP contribution in [0.25, 0.3) is 0 Å². The first kappa shape index (κ1) is 14.3. The Hall–Kier alpha value is -1.10. The highest BCUT2D eigenvalue weighted by Gasteiger charge is 2.11. The summed E-state index contributed by atoms with van der Waals surface area (Å²) in [5, 5.41) is 3.92. The molecule has 19 heavy (non-hydrogen) atoms. The van der Waals surface area contributed by atoms with Crippen LogP contribution in [0, 0.1) is 5.82 Å². The van der Waals surface area contributed by atoms with Crippen molar-refractivity contribution >= 4 is 33.2 Å². The fourth-order valence-electron chi connectivity index (χ4n) is 1.75. The lowest BCUT2D eigenvalue weighted by atomic mass is 10.1. The highest BCUT2D eigenvalue weighted by molar-refractivity contribution is 9.10. The summed E-state index contributed by atoms with van der Waals surface area (Å²) in [5.74, 6) is -0.260. The maximum atomic E-state index is 12.9. The fourth-order valence-corrected chi connectivity index (χ4v) is 2.27. The van der Waals surface area contributed by atoms with Gasteiger partial charge < -0.3 is 11.1 Å². The molecule has 0 aliphatic heterocycles. The van der Waals surface area contributed by atoms with Crippen LogP contribution in [-0.4, -0.2) is 6.54 Å². The van der Waals surface area contributed by atoms with Crippen molar-refractivity contribution < 1.29 is 4.39 Å². The first-order valence-corrected chi connectivity index (χ1v) is 6.94. The number of anilines is 1. The Labute approximate surface area is 124 Å². The van der Waals surface area contributed by atoms with Crippen LogP contribution in [-0.2, 0) is 0 Å². The van der Waals surface area contributed by atoms with Crippen molar-refractivity contribution in [3.63, 3.8) is 0 Å². The Morgan fingerprint density at radius 3 is 2.47 bits per heavy atom. The molecule has 2 nitrogen and oxygen atoms in total. The summed E-state index contributed by atoms with van der Waals surface area (Å²) >= 11 is 9.35. The number of halogens is 3. The van der Waals surface area contributed by atoms with Crippen LogP contribution in [0.15, 0.2) is 46.9 Å². The van der Waals surface area contributed by atoms with Crippen molar-refractivity contribution in [3.8, 4) is 0 Å². The summed E-state index contributed by atoms with van der Waals surface area (Å²) in [5.41, 5.74) is 7.62. The zero-order chi connectivity index (χ0) is 13.8. The molecule has 3 N–H and O–H groups in total. The van der Waals surface area contributed by atoms with Crippen LogP contribution in [0.2, 0.25) is 5.02 Å². The molecule has 0 heterocycles. The summed E-state index contributed by atoms with van der Waals surface area (Å²) < 4.78 is 13.7. The van der Waals surface area contributed by atoms with Crippen LogP contribution >= 0.6 is 27.5 Å². The van der Waals surface area contributed by atoms with Gasteiger partial charge in [-0.3, -0.25) is 0 Å². The molecule has 0 aliphatic carbocycles. The highest BCUT2D eigenvalue weighted by atomic mass is 79.9. The normalized spacial score (nSPS) is 12.2. The van der Waals surface area contributed by atoms with E-state index in [0.29, 0.717) is 11.6 Å². The minimum Gasteiger partial charge on any atom is -0.377 e. The Kier molecular flexibility index (Phi) is 4.80.